The van der Waals surface area contributed by atoms with Crippen LogP contribution >= 0.6 is 0 Å². The summed E-state index contributed by atoms with van der Waals surface area (Å²) in [5, 5.41) is 16.1. The van der Waals surface area contributed by atoms with Gasteiger partial charge in [0.15, 0.2) is 0 Å². The van der Waals surface area contributed by atoms with Crippen LogP contribution in [-0.4, -0.2) is 102 Å². The molecule has 0 saturated carbocycles. The Hall–Kier alpha value is -2.28. The van der Waals surface area contributed by atoms with E-state index in [1.807, 2.05) is 0 Å². The van der Waals surface area contributed by atoms with E-state index in [4.69, 9.17) is 24.1 Å². The second kappa shape index (κ2) is 20.5. The molecule has 0 aromatic rings. The Balaban J connectivity index is 3.28. The summed E-state index contributed by atoms with van der Waals surface area (Å²) in [7, 11) is 0. The van der Waals surface area contributed by atoms with Crippen LogP contribution < -0.4 is 16.0 Å². The van der Waals surface area contributed by atoms with Crippen LogP contribution in [0, 0.1) is 0 Å². The monoisotopic (exact) mass is 421 g/mol. The van der Waals surface area contributed by atoms with Crippen molar-refractivity contribution in [3.05, 3.63) is 0 Å². The fraction of sp³-hybridized carbons (Fsp3) is 0.765. The predicted octanol–water partition coefficient (Wildman–Crippen LogP) is -2.10. The Bertz CT molecular complexity index is 463. The summed E-state index contributed by atoms with van der Waals surface area (Å²) in [5.41, 5.74) is 0. The van der Waals surface area contributed by atoms with Crippen LogP contribution in [0.5, 0.6) is 0 Å². The van der Waals surface area contributed by atoms with Gasteiger partial charge in [0.25, 0.3) is 0 Å². The highest BCUT2D eigenvalue weighted by Gasteiger charge is 2.02. The van der Waals surface area contributed by atoms with Crippen LogP contribution in [0.3, 0.4) is 0 Å². The summed E-state index contributed by atoms with van der Waals surface area (Å²) < 4.78 is 20.4. The second-order valence-corrected chi connectivity index (χ2v) is 5.60. The van der Waals surface area contributed by atoms with Gasteiger partial charge in [0, 0.05) is 26.1 Å². The molecule has 0 saturated heterocycles. The normalized spacial score (nSPS) is 10.3. The van der Waals surface area contributed by atoms with Gasteiger partial charge in [-0.1, -0.05) is 0 Å². The average Bonchev–Trinajstić information content (AvgIpc) is 2.69. The van der Waals surface area contributed by atoms with Crippen molar-refractivity contribution in [2.75, 3.05) is 72.5 Å². The van der Waals surface area contributed by atoms with Gasteiger partial charge < -0.3 is 40.0 Å². The lowest BCUT2D eigenvalue weighted by molar-refractivity contribution is -0.142. The molecule has 4 N–H and O–H groups in total. The number of nitrogens with one attached hydrogen (secondary N) is 3. The lowest BCUT2D eigenvalue weighted by atomic mass is 10.3. The lowest BCUT2D eigenvalue weighted by Crippen LogP contribution is -2.31. The molecule has 0 fully saturated rings. The van der Waals surface area contributed by atoms with Gasteiger partial charge in [0.2, 0.25) is 18.2 Å². The Morgan fingerprint density at radius 2 is 1.28 bits per heavy atom. The number of ether oxygens (including phenoxy) is 4. The van der Waals surface area contributed by atoms with E-state index in [-0.39, 0.29) is 51.5 Å². The lowest BCUT2D eigenvalue weighted by Gasteiger charge is -2.08. The van der Waals surface area contributed by atoms with Crippen LogP contribution in [0.1, 0.15) is 12.8 Å². The van der Waals surface area contributed by atoms with E-state index >= 15 is 0 Å². The van der Waals surface area contributed by atoms with Crippen molar-refractivity contribution in [2.45, 2.75) is 12.8 Å². The van der Waals surface area contributed by atoms with E-state index in [0.717, 1.165) is 0 Å². The number of hydrogen-bond donors (Lipinski definition) is 4. The number of amides is 3. The maximum absolute atomic E-state index is 11.5. The van der Waals surface area contributed by atoms with Crippen molar-refractivity contribution in [3.8, 4) is 0 Å². The van der Waals surface area contributed by atoms with Crippen molar-refractivity contribution in [2.24, 2.45) is 0 Å². The first-order chi connectivity index (χ1) is 14.1. The first-order valence-corrected chi connectivity index (χ1v) is 9.29. The minimum Gasteiger partial charge on any atom is -0.480 e. The smallest absolute Gasteiger partial charge is 0.329 e. The zero-order valence-electron chi connectivity index (χ0n) is 16.5. The molecule has 0 aliphatic rings. The number of carboxylic acid groups (broad SMARTS) is 1. The molecule has 3 amide bonds. The molecule has 12 heteroatoms. The summed E-state index contributed by atoms with van der Waals surface area (Å²) in [6, 6.07) is 0. The van der Waals surface area contributed by atoms with E-state index in [0.29, 0.717) is 52.1 Å². The molecule has 0 aromatic heterocycles. The Labute approximate surface area is 169 Å². The molecule has 0 rings (SSSR count). The molecule has 0 aliphatic carbocycles. The molecule has 0 bridgehead atoms. The first kappa shape index (κ1) is 26.7. The molecule has 0 unspecified atom stereocenters. The number of hydrogen-bond acceptors (Lipinski definition) is 8. The fourth-order valence-corrected chi connectivity index (χ4v) is 1.84. The van der Waals surface area contributed by atoms with Crippen LogP contribution in [0.15, 0.2) is 0 Å². The zero-order chi connectivity index (χ0) is 21.6. The first-order valence-electron chi connectivity index (χ1n) is 9.29. The van der Waals surface area contributed by atoms with Gasteiger partial charge in [-0.3, -0.25) is 14.4 Å². The van der Waals surface area contributed by atoms with Gasteiger partial charge in [0.05, 0.1) is 39.6 Å². The second-order valence-electron chi connectivity index (χ2n) is 5.60. The third-order valence-electron chi connectivity index (χ3n) is 3.15. The van der Waals surface area contributed by atoms with Gasteiger partial charge >= 0.3 is 5.97 Å². The number of rotatable bonds is 21. The van der Waals surface area contributed by atoms with Crippen molar-refractivity contribution >= 4 is 24.2 Å². The van der Waals surface area contributed by atoms with Gasteiger partial charge in [-0.05, 0) is 6.42 Å². The minimum atomic E-state index is -1.04. The van der Waals surface area contributed by atoms with E-state index in [1.165, 1.54) is 0 Å². The molecule has 12 nitrogen and oxygen atoms in total. The fourth-order valence-electron chi connectivity index (χ4n) is 1.84. The minimum absolute atomic E-state index is 0.101. The van der Waals surface area contributed by atoms with Gasteiger partial charge in [0.1, 0.15) is 13.2 Å². The zero-order valence-corrected chi connectivity index (χ0v) is 16.5. The summed E-state index contributed by atoms with van der Waals surface area (Å²) in [4.78, 5) is 43.2. The maximum atomic E-state index is 11.5. The molecule has 0 spiro atoms. The van der Waals surface area contributed by atoms with E-state index in [2.05, 4.69) is 16.0 Å². The maximum Gasteiger partial charge on any atom is 0.329 e. The third-order valence-corrected chi connectivity index (χ3v) is 3.15. The number of carbonyl (C=O) groups is 4. The molecular formula is C17H31N3O9. The van der Waals surface area contributed by atoms with E-state index in [1.54, 1.807) is 0 Å². The van der Waals surface area contributed by atoms with Crippen molar-refractivity contribution in [1.29, 1.82) is 0 Å². The quantitative estimate of drug-likeness (QED) is 0.120. The molecule has 0 aromatic carbocycles. The Morgan fingerprint density at radius 1 is 0.724 bits per heavy atom. The topological polar surface area (TPSA) is 162 Å². The third kappa shape index (κ3) is 21.9. The van der Waals surface area contributed by atoms with Crippen molar-refractivity contribution < 1.29 is 43.2 Å². The highest BCUT2D eigenvalue weighted by molar-refractivity contribution is 5.77. The van der Waals surface area contributed by atoms with Gasteiger partial charge in [-0.25, -0.2) is 4.79 Å². The molecule has 0 radical (unpaired) electrons. The highest BCUT2D eigenvalue weighted by atomic mass is 16.5. The summed E-state index contributed by atoms with van der Waals surface area (Å²) in [6.45, 7) is 2.27. The number of aliphatic carboxylic acids is 1. The van der Waals surface area contributed by atoms with Crippen LogP contribution in [0.2, 0.25) is 0 Å². The van der Waals surface area contributed by atoms with Crippen LogP contribution in [0.4, 0.5) is 0 Å². The molecule has 0 aliphatic heterocycles. The summed E-state index contributed by atoms with van der Waals surface area (Å²) >= 11 is 0. The molecule has 0 atom stereocenters. The average molecular weight is 421 g/mol. The highest BCUT2D eigenvalue weighted by Crippen LogP contribution is 1.86. The number of carbonyl (C=O) groups excluding carboxylic acids is 3. The van der Waals surface area contributed by atoms with Crippen LogP contribution in [0.25, 0.3) is 0 Å². The standard InChI is InChI=1S/C17H31N3O9/c21-14-18-3-1-2-15(22)19-4-6-26-8-10-28-12-16(23)20-5-7-27-9-11-29-13-17(24)25/h14H,1-13H2,(H,18,21)(H,19,22)(H,20,23)(H,24,25). The van der Waals surface area contributed by atoms with Crippen LogP contribution in [-0.2, 0) is 38.1 Å². The Kier molecular flexibility index (Phi) is 18.8. The molecule has 168 valence electrons. The molecule has 0 heterocycles. The molecular weight excluding hydrogens is 390 g/mol. The summed E-state index contributed by atoms with van der Waals surface area (Å²) in [6.07, 6.45) is 1.51. The van der Waals surface area contributed by atoms with Crippen molar-refractivity contribution in [1.82, 2.24) is 16.0 Å². The summed E-state index contributed by atoms with van der Waals surface area (Å²) in [5.74, 6) is -1.43. The van der Waals surface area contributed by atoms with Crippen molar-refractivity contribution in [3.63, 3.8) is 0 Å². The van der Waals surface area contributed by atoms with E-state index < -0.39 is 5.97 Å². The van der Waals surface area contributed by atoms with E-state index in [9.17, 15) is 19.2 Å². The van der Waals surface area contributed by atoms with Gasteiger partial charge in [-0.15, -0.1) is 0 Å². The SMILES string of the molecule is O=CNCCCC(=O)NCCOCCOCC(=O)NCCOCCOCC(=O)O. The largest absolute Gasteiger partial charge is 0.480 e. The molecule has 29 heavy (non-hydrogen) atoms. The number of carboxylic acids is 1. The predicted molar refractivity (Wildman–Crippen MR) is 100 cm³/mol. The van der Waals surface area contributed by atoms with Gasteiger partial charge in [-0.2, -0.15) is 0 Å². The Morgan fingerprint density at radius 3 is 1.86 bits per heavy atom.